The summed E-state index contributed by atoms with van der Waals surface area (Å²) in [6.45, 7) is 5.99. The van der Waals surface area contributed by atoms with Gasteiger partial charge in [0.1, 0.15) is 5.69 Å². The van der Waals surface area contributed by atoms with Gasteiger partial charge in [-0.15, -0.1) is 0 Å². The van der Waals surface area contributed by atoms with Gasteiger partial charge in [-0.1, -0.05) is 13.8 Å². The van der Waals surface area contributed by atoms with Crippen molar-refractivity contribution in [1.29, 1.82) is 0 Å². The molecule has 18 heavy (non-hydrogen) atoms. The van der Waals surface area contributed by atoms with E-state index in [1.165, 1.54) is 0 Å². The maximum Gasteiger partial charge on any atom is 0.333 e. The number of rotatable bonds is 7. The smallest absolute Gasteiger partial charge is 0.333 e. The summed E-state index contributed by atoms with van der Waals surface area (Å²) >= 11 is 1.81. The summed E-state index contributed by atoms with van der Waals surface area (Å²) in [6, 6.07) is 0.175. The van der Waals surface area contributed by atoms with E-state index in [9.17, 15) is 10.1 Å². The van der Waals surface area contributed by atoms with Crippen molar-refractivity contribution in [2.75, 3.05) is 16.8 Å². The summed E-state index contributed by atoms with van der Waals surface area (Å²) in [4.78, 5) is 10.8. The lowest BCUT2D eigenvalue weighted by atomic mass is 10.3. The first-order chi connectivity index (χ1) is 8.51. The average Bonchev–Trinajstić information content (AvgIpc) is 2.63. The van der Waals surface area contributed by atoms with E-state index in [4.69, 9.17) is 0 Å². The fraction of sp³-hybridized carbons (Fsp3) is 0.727. The number of anilines is 1. The molecule has 0 saturated carbocycles. The van der Waals surface area contributed by atoms with E-state index < -0.39 is 0 Å². The number of hydrogen-bond donors (Lipinski definition) is 1. The Bertz CT molecular complexity index is 419. The van der Waals surface area contributed by atoms with Crippen LogP contribution in [-0.4, -0.2) is 32.3 Å². The number of aromatic nitrogens is 2. The maximum atomic E-state index is 11.1. The lowest BCUT2D eigenvalue weighted by Gasteiger charge is -2.13. The van der Waals surface area contributed by atoms with Crippen LogP contribution >= 0.6 is 11.8 Å². The highest BCUT2D eigenvalue weighted by Crippen LogP contribution is 2.29. The van der Waals surface area contributed by atoms with Gasteiger partial charge in [0.05, 0.1) is 4.92 Å². The molecule has 1 rings (SSSR count). The Hall–Kier alpha value is -1.24. The van der Waals surface area contributed by atoms with E-state index in [1.807, 2.05) is 13.8 Å². The van der Waals surface area contributed by atoms with Crippen LogP contribution in [-0.2, 0) is 13.5 Å². The maximum absolute atomic E-state index is 11.1. The first-order valence-corrected chi connectivity index (χ1v) is 7.21. The fourth-order valence-electron chi connectivity index (χ4n) is 1.73. The Kier molecular flexibility index (Phi) is 5.46. The predicted octanol–water partition coefficient (Wildman–Crippen LogP) is 2.44. The third-order valence-corrected chi connectivity index (χ3v) is 3.71. The van der Waals surface area contributed by atoms with E-state index in [2.05, 4.69) is 17.3 Å². The molecule has 0 spiro atoms. The van der Waals surface area contributed by atoms with E-state index in [-0.39, 0.29) is 16.7 Å². The number of nitrogens with zero attached hydrogens (tertiary/aromatic N) is 3. The Morgan fingerprint density at radius 1 is 1.56 bits per heavy atom. The summed E-state index contributed by atoms with van der Waals surface area (Å²) in [7, 11) is 1.73. The predicted molar refractivity (Wildman–Crippen MR) is 75.3 cm³/mol. The van der Waals surface area contributed by atoms with Gasteiger partial charge in [0, 0.05) is 18.8 Å². The van der Waals surface area contributed by atoms with Crippen LogP contribution in [0.3, 0.4) is 0 Å². The van der Waals surface area contributed by atoms with Crippen LogP contribution in [0.1, 0.15) is 26.5 Å². The van der Waals surface area contributed by atoms with Crippen LogP contribution in [0.4, 0.5) is 11.5 Å². The summed E-state index contributed by atoms with van der Waals surface area (Å²) in [5.74, 6) is 2.46. The van der Waals surface area contributed by atoms with Gasteiger partial charge in [-0.3, -0.25) is 10.1 Å². The van der Waals surface area contributed by atoms with E-state index >= 15 is 0 Å². The average molecular weight is 272 g/mol. The van der Waals surface area contributed by atoms with Crippen molar-refractivity contribution in [3.05, 3.63) is 15.8 Å². The molecule has 6 nitrogen and oxygen atoms in total. The number of hydrogen-bond acceptors (Lipinski definition) is 5. The lowest BCUT2D eigenvalue weighted by molar-refractivity contribution is -0.384. The fourth-order valence-corrected chi connectivity index (χ4v) is 2.40. The molecule has 0 amide bonds. The molecule has 1 aromatic heterocycles. The summed E-state index contributed by atoms with van der Waals surface area (Å²) in [6.07, 6.45) is 0.559. The van der Waals surface area contributed by atoms with Crippen LogP contribution in [0, 0.1) is 10.1 Å². The minimum Gasteiger partial charge on any atom is -0.361 e. The highest BCUT2D eigenvalue weighted by atomic mass is 32.2. The number of thioether (sulfide) groups is 1. The Labute approximate surface area is 111 Å². The molecule has 1 aromatic rings. The van der Waals surface area contributed by atoms with Gasteiger partial charge in [-0.2, -0.15) is 16.9 Å². The molecule has 102 valence electrons. The number of aryl methyl sites for hydroxylation is 2. The summed E-state index contributed by atoms with van der Waals surface area (Å²) < 4.78 is 1.56. The van der Waals surface area contributed by atoms with Crippen LogP contribution in [0.5, 0.6) is 0 Å². The van der Waals surface area contributed by atoms with Gasteiger partial charge in [0.25, 0.3) is 0 Å². The molecular formula is C11H20N4O2S. The topological polar surface area (TPSA) is 73.0 Å². The molecule has 0 bridgehead atoms. The van der Waals surface area contributed by atoms with Crippen LogP contribution in [0.2, 0.25) is 0 Å². The van der Waals surface area contributed by atoms with Crippen molar-refractivity contribution in [3.8, 4) is 0 Å². The molecule has 0 saturated heterocycles. The normalized spacial score (nSPS) is 12.4. The zero-order chi connectivity index (χ0) is 13.7. The Balaban J connectivity index is 2.93. The minimum absolute atomic E-state index is 0.105. The monoisotopic (exact) mass is 272 g/mol. The zero-order valence-corrected chi connectivity index (χ0v) is 12.1. The molecule has 1 atom stereocenters. The third-order valence-electron chi connectivity index (χ3n) is 2.56. The van der Waals surface area contributed by atoms with Gasteiger partial charge < -0.3 is 5.32 Å². The molecule has 0 aromatic carbocycles. The Morgan fingerprint density at radius 2 is 2.22 bits per heavy atom. The van der Waals surface area contributed by atoms with Crippen molar-refractivity contribution < 1.29 is 4.92 Å². The molecule has 7 heteroatoms. The summed E-state index contributed by atoms with van der Waals surface area (Å²) in [5, 5.41) is 18.5. The van der Waals surface area contributed by atoms with Gasteiger partial charge in [0.15, 0.2) is 0 Å². The molecule has 0 fully saturated rings. The minimum atomic E-state index is -0.353. The largest absolute Gasteiger partial charge is 0.361 e. The standard InChI is InChI=1S/C11H20N4O2S/c1-5-9-10(15(16)17)11(14(4)13-9)12-8(3)7-18-6-2/h8,12H,5-7H2,1-4H3. The quantitative estimate of drug-likeness (QED) is 0.609. The van der Waals surface area contributed by atoms with Crippen molar-refractivity contribution in [3.63, 3.8) is 0 Å². The molecule has 0 aliphatic rings. The molecular weight excluding hydrogens is 252 g/mol. The van der Waals surface area contributed by atoms with E-state index in [1.54, 1.807) is 23.5 Å². The van der Waals surface area contributed by atoms with Crippen LogP contribution in [0.25, 0.3) is 0 Å². The SMILES string of the molecule is CCSCC(C)Nc1c([N+](=O)[O-])c(CC)nn1C. The first-order valence-electron chi connectivity index (χ1n) is 6.05. The Morgan fingerprint density at radius 3 is 2.72 bits per heavy atom. The van der Waals surface area contributed by atoms with Crippen molar-refractivity contribution in [2.45, 2.75) is 33.2 Å². The zero-order valence-electron chi connectivity index (χ0n) is 11.3. The second-order valence-corrected chi connectivity index (χ2v) is 5.40. The number of nitrogens with one attached hydrogen (secondary N) is 1. The molecule has 1 heterocycles. The van der Waals surface area contributed by atoms with Crippen molar-refractivity contribution >= 4 is 23.3 Å². The highest BCUT2D eigenvalue weighted by Gasteiger charge is 2.26. The van der Waals surface area contributed by atoms with E-state index in [0.29, 0.717) is 17.9 Å². The van der Waals surface area contributed by atoms with Crippen LogP contribution in [0.15, 0.2) is 0 Å². The second-order valence-electron chi connectivity index (χ2n) is 4.08. The van der Waals surface area contributed by atoms with Gasteiger partial charge in [0.2, 0.25) is 5.82 Å². The molecule has 0 radical (unpaired) electrons. The first kappa shape index (κ1) is 14.8. The second kappa shape index (κ2) is 6.63. The lowest BCUT2D eigenvalue weighted by Crippen LogP contribution is -2.20. The van der Waals surface area contributed by atoms with Gasteiger partial charge >= 0.3 is 5.69 Å². The number of nitro groups is 1. The summed E-state index contributed by atoms with van der Waals surface area (Å²) in [5.41, 5.74) is 0.633. The van der Waals surface area contributed by atoms with Crippen LogP contribution < -0.4 is 5.32 Å². The third kappa shape index (κ3) is 3.38. The van der Waals surface area contributed by atoms with E-state index in [0.717, 1.165) is 11.5 Å². The molecule has 0 aliphatic carbocycles. The van der Waals surface area contributed by atoms with Crippen molar-refractivity contribution in [1.82, 2.24) is 9.78 Å². The van der Waals surface area contributed by atoms with Gasteiger partial charge in [-0.05, 0) is 19.1 Å². The highest BCUT2D eigenvalue weighted by molar-refractivity contribution is 7.99. The molecule has 1 unspecified atom stereocenters. The van der Waals surface area contributed by atoms with Crippen molar-refractivity contribution in [2.24, 2.45) is 7.05 Å². The molecule has 0 aliphatic heterocycles. The molecule has 1 N–H and O–H groups in total. The van der Waals surface area contributed by atoms with Gasteiger partial charge in [-0.25, -0.2) is 4.68 Å².